The molecule has 32 heavy (non-hydrogen) atoms. The van der Waals surface area contributed by atoms with Crippen LogP contribution in [0.5, 0.6) is 11.5 Å². The fourth-order valence-electron chi connectivity index (χ4n) is 3.99. The molecule has 1 aliphatic rings. The topological polar surface area (TPSA) is 65.1 Å². The molecule has 0 bridgehead atoms. The van der Waals surface area contributed by atoms with Crippen LogP contribution in [0.3, 0.4) is 0 Å². The van der Waals surface area contributed by atoms with Gasteiger partial charge in [-0.25, -0.2) is 4.79 Å². The molecular formula is C26H35NO5. The number of methoxy groups -OCH3 is 2. The second-order valence-electron chi connectivity index (χ2n) is 8.06. The van der Waals surface area contributed by atoms with Crippen molar-refractivity contribution in [3.63, 3.8) is 0 Å². The number of carbonyl (C=O) groups excluding carboxylic acids is 2. The van der Waals surface area contributed by atoms with Crippen LogP contribution in [0.4, 0.5) is 4.79 Å². The van der Waals surface area contributed by atoms with Crippen molar-refractivity contribution < 1.29 is 23.8 Å². The number of aryl methyl sites for hydroxylation is 1. The van der Waals surface area contributed by atoms with E-state index in [1.807, 2.05) is 12.1 Å². The van der Waals surface area contributed by atoms with Crippen molar-refractivity contribution in [1.29, 1.82) is 0 Å². The highest BCUT2D eigenvalue weighted by Gasteiger charge is 2.34. The SMILES string of the molecule is CC=O.COC(=O)N1C[C@H](C)[C@H](c2ccc(OC)c(OC(C)CCc3ccccc3)c2)C1. The summed E-state index contributed by atoms with van der Waals surface area (Å²) in [6, 6.07) is 16.5. The van der Waals surface area contributed by atoms with Gasteiger partial charge in [0.25, 0.3) is 0 Å². The molecule has 2 aromatic carbocycles. The summed E-state index contributed by atoms with van der Waals surface area (Å²) in [6.07, 6.45) is 2.44. The number of rotatable bonds is 7. The van der Waals surface area contributed by atoms with Gasteiger partial charge < -0.3 is 23.9 Å². The number of hydrogen-bond acceptors (Lipinski definition) is 5. The monoisotopic (exact) mass is 441 g/mol. The molecule has 0 N–H and O–H groups in total. The molecule has 0 aromatic heterocycles. The largest absolute Gasteiger partial charge is 0.493 e. The van der Waals surface area contributed by atoms with E-state index in [9.17, 15) is 4.79 Å². The van der Waals surface area contributed by atoms with E-state index in [1.54, 1.807) is 12.0 Å². The maximum Gasteiger partial charge on any atom is 0.409 e. The van der Waals surface area contributed by atoms with Crippen LogP contribution < -0.4 is 9.47 Å². The summed E-state index contributed by atoms with van der Waals surface area (Å²) < 4.78 is 16.7. The van der Waals surface area contributed by atoms with E-state index in [0.717, 1.165) is 36.2 Å². The summed E-state index contributed by atoms with van der Waals surface area (Å²) >= 11 is 0. The van der Waals surface area contributed by atoms with Gasteiger partial charge in [0.2, 0.25) is 0 Å². The Labute approximate surface area is 191 Å². The number of aldehydes is 1. The molecule has 1 heterocycles. The van der Waals surface area contributed by atoms with E-state index in [0.29, 0.717) is 19.0 Å². The van der Waals surface area contributed by atoms with Crippen LogP contribution in [-0.2, 0) is 16.0 Å². The Bertz CT molecular complexity index is 855. The molecule has 174 valence electrons. The molecule has 0 saturated carbocycles. The van der Waals surface area contributed by atoms with E-state index < -0.39 is 0 Å². The van der Waals surface area contributed by atoms with Gasteiger partial charge in [-0.05, 0) is 55.9 Å². The first-order valence-electron chi connectivity index (χ1n) is 11.0. The van der Waals surface area contributed by atoms with Gasteiger partial charge in [0, 0.05) is 19.0 Å². The number of benzene rings is 2. The van der Waals surface area contributed by atoms with Crippen molar-refractivity contribution in [2.75, 3.05) is 27.3 Å². The minimum absolute atomic E-state index is 0.0620. The summed E-state index contributed by atoms with van der Waals surface area (Å²) in [5.74, 6) is 2.10. The maximum atomic E-state index is 11.9. The van der Waals surface area contributed by atoms with Gasteiger partial charge in [-0.15, -0.1) is 0 Å². The van der Waals surface area contributed by atoms with E-state index in [1.165, 1.54) is 19.6 Å². The second-order valence-corrected chi connectivity index (χ2v) is 8.06. The third-order valence-electron chi connectivity index (χ3n) is 5.67. The van der Waals surface area contributed by atoms with Crippen molar-refractivity contribution in [3.05, 3.63) is 59.7 Å². The molecule has 1 saturated heterocycles. The lowest BCUT2D eigenvalue weighted by Gasteiger charge is -2.20. The Kier molecular flexibility index (Phi) is 10.1. The van der Waals surface area contributed by atoms with Gasteiger partial charge in [0.05, 0.1) is 20.3 Å². The van der Waals surface area contributed by atoms with E-state index >= 15 is 0 Å². The van der Waals surface area contributed by atoms with Gasteiger partial charge in [0.15, 0.2) is 11.5 Å². The Balaban J connectivity index is 0.00000114. The Morgan fingerprint density at radius 2 is 1.81 bits per heavy atom. The zero-order valence-electron chi connectivity index (χ0n) is 19.7. The van der Waals surface area contributed by atoms with Crippen molar-refractivity contribution in [2.45, 2.75) is 45.6 Å². The summed E-state index contributed by atoms with van der Waals surface area (Å²) in [5, 5.41) is 0. The molecular weight excluding hydrogens is 406 g/mol. The molecule has 1 amide bonds. The molecule has 1 aliphatic heterocycles. The third kappa shape index (κ3) is 7.01. The number of ether oxygens (including phenoxy) is 3. The lowest BCUT2D eigenvalue weighted by atomic mass is 9.90. The Hall–Kier alpha value is -3.02. The minimum atomic E-state index is -0.265. The average Bonchev–Trinajstić information content (AvgIpc) is 3.20. The maximum absolute atomic E-state index is 11.9. The van der Waals surface area contributed by atoms with Crippen molar-refractivity contribution in [3.8, 4) is 11.5 Å². The molecule has 1 unspecified atom stereocenters. The van der Waals surface area contributed by atoms with Crippen LogP contribution in [0.25, 0.3) is 0 Å². The first kappa shape index (κ1) is 25.2. The quantitative estimate of drug-likeness (QED) is 0.559. The number of likely N-dealkylation sites (tertiary alicyclic amines) is 1. The zero-order chi connectivity index (χ0) is 23.5. The van der Waals surface area contributed by atoms with Crippen LogP contribution in [-0.4, -0.2) is 50.7 Å². The molecule has 3 atom stereocenters. The van der Waals surface area contributed by atoms with Gasteiger partial charge in [-0.1, -0.05) is 43.3 Å². The first-order chi connectivity index (χ1) is 15.4. The van der Waals surface area contributed by atoms with Crippen LogP contribution in [0, 0.1) is 5.92 Å². The summed E-state index contributed by atoms with van der Waals surface area (Å²) in [5.41, 5.74) is 2.47. The Morgan fingerprint density at radius 1 is 1.12 bits per heavy atom. The minimum Gasteiger partial charge on any atom is -0.493 e. The van der Waals surface area contributed by atoms with Gasteiger partial charge in [-0.2, -0.15) is 0 Å². The van der Waals surface area contributed by atoms with Crippen molar-refractivity contribution in [2.24, 2.45) is 5.92 Å². The molecule has 0 aliphatic carbocycles. The molecule has 2 aromatic rings. The average molecular weight is 442 g/mol. The van der Waals surface area contributed by atoms with E-state index in [4.69, 9.17) is 19.0 Å². The molecule has 1 fully saturated rings. The summed E-state index contributed by atoms with van der Waals surface area (Å²) in [7, 11) is 3.09. The zero-order valence-corrected chi connectivity index (χ0v) is 19.7. The Morgan fingerprint density at radius 3 is 2.44 bits per heavy atom. The highest BCUT2D eigenvalue weighted by molar-refractivity contribution is 5.68. The lowest BCUT2D eigenvalue weighted by Crippen LogP contribution is -2.28. The van der Waals surface area contributed by atoms with Gasteiger partial charge in [-0.3, -0.25) is 0 Å². The van der Waals surface area contributed by atoms with Gasteiger partial charge in [0.1, 0.15) is 6.29 Å². The second kappa shape index (κ2) is 12.7. The van der Waals surface area contributed by atoms with Crippen LogP contribution in [0.15, 0.2) is 48.5 Å². The number of carbonyl (C=O) groups is 2. The fraction of sp³-hybridized carbons (Fsp3) is 0.462. The van der Waals surface area contributed by atoms with Crippen LogP contribution >= 0.6 is 0 Å². The van der Waals surface area contributed by atoms with Crippen molar-refractivity contribution >= 4 is 12.4 Å². The third-order valence-corrected chi connectivity index (χ3v) is 5.67. The predicted octanol–water partition coefficient (Wildman–Crippen LogP) is 5.10. The molecule has 0 radical (unpaired) electrons. The highest BCUT2D eigenvalue weighted by Crippen LogP contribution is 2.38. The fourth-order valence-corrected chi connectivity index (χ4v) is 3.99. The first-order valence-corrected chi connectivity index (χ1v) is 11.0. The number of amides is 1. The molecule has 6 nitrogen and oxygen atoms in total. The lowest BCUT2D eigenvalue weighted by molar-refractivity contribution is -0.106. The molecule has 6 heteroatoms. The standard InChI is InChI=1S/C24H31NO4.C2H4O/c1-17-15-25(24(26)28-4)16-21(17)20-12-13-22(27-3)23(14-20)29-18(2)10-11-19-8-6-5-7-9-19;1-2-3/h5-9,12-14,17-18,21H,10-11,15-16H2,1-4H3;2H,1H3/t17-,18?,21+;/m0./s1. The van der Waals surface area contributed by atoms with E-state index in [-0.39, 0.29) is 18.1 Å². The van der Waals surface area contributed by atoms with Gasteiger partial charge >= 0.3 is 6.09 Å². The highest BCUT2D eigenvalue weighted by atomic mass is 16.5. The smallest absolute Gasteiger partial charge is 0.409 e. The molecule has 0 spiro atoms. The predicted molar refractivity (Wildman–Crippen MR) is 125 cm³/mol. The number of hydrogen-bond donors (Lipinski definition) is 0. The van der Waals surface area contributed by atoms with Crippen LogP contribution in [0.1, 0.15) is 44.2 Å². The van der Waals surface area contributed by atoms with Crippen LogP contribution in [0.2, 0.25) is 0 Å². The van der Waals surface area contributed by atoms with Crippen molar-refractivity contribution in [1.82, 2.24) is 4.90 Å². The normalized spacial score (nSPS) is 18.2. The summed E-state index contributed by atoms with van der Waals surface area (Å²) in [4.78, 5) is 22.5. The molecule has 3 rings (SSSR count). The van der Waals surface area contributed by atoms with E-state index in [2.05, 4.69) is 50.2 Å². The summed E-state index contributed by atoms with van der Waals surface area (Å²) in [6.45, 7) is 7.06. The number of nitrogens with zero attached hydrogens (tertiary/aromatic N) is 1.